The summed E-state index contributed by atoms with van der Waals surface area (Å²) in [6, 6.07) is 16.3. The van der Waals surface area contributed by atoms with Crippen LogP contribution in [0.1, 0.15) is 41.0 Å². The Morgan fingerprint density at radius 1 is 1.00 bits per heavy atom. The number of hydrogen-bond acceptors (Lipinski definition) is 10. The summed E-state index contributed by atoms with van der Waals surface area (Å²) in [6.07, 6.45) is -4.44. The number of aliphatic hydroxyl groups excluding tert-OH is 1. The van der Waals surface area contributed by atoms with Crippen LogP contribution in [0.3, 0.4) is 0 Å². The van der Waals surface area contributed by atoms with Crippen molar-refractivity contribution < 1.29 is 27.5 Å². The molecule has 206 valence electrons. The molecular weight excluding hydrogens is 545 g/mol. The number of anilines is 2. The van der Waals surface area contributed by atoms with Crippen molar-refractivity contribution in [2.75, 3.05) is 10.6 Å². The molecule has 2 aliphatic rings. The number of aliphatic imine (C=N–C) groups is 1. The van der Waals surface area contributed by atoms with Crippen molar-refractivity contribution in [2.45, 2.75) is 50.2 Å². The Balaban J connectivity index is 1.32. The Bertz CT molecular complexity index is 1570. The zero-order chi connectivity index (χ0) is 27.9. The fraction of sp³-hybridized carbons (Fsp3) is 0.296. The molecule has 0 spiro atoms. The van der Waals surface area contributed by atoms with Crippen LogP contribution < -0.4 is 10.6 Å². The van der Waals surface area contributed by atoms with Crippen LogP contribution in [0.2, 0.25) is 0 Å². The van der Waals surface area contributed by atoms with Gasteiger partial charge in [0.15, 0.2) is 17.6 Å². The number of nitrogens with one attached hydrogen (secondary N) is 2. The van der Waals surface area contributed by atoms with E-state index in [-0.39, 0.29) is 34.8 Å². The molecule has 3 N–H and O–H groups in total. The number of nitrogens with zero attached hydrogens (tertiary/aromatic N) is 4. The van der Waals surface area contributed by atoms with Crippen LogP contribution in [-0.2, 0) is 17.4 Å². The standard InChI is InChI=1S/C27H23F3N6O3S/c28-27(29,30)25-33-21(24(40-25)31-17-11-6-12-18(17)37)23-35-36-26(39-23)34-22-19(38)13-15-9-4-5-10-16(15)20(32-22)14-7-2-1-3-8-14/h1-5,7-10,17-18,22,31,37H,6,11-13H2,(H,34,36)/t17-,18+,22+/m0/s1. The first kappa shape index (κ1) is 26.1. The van der Waals surface area contributed by atoms with E-state index in [0.717, 1.165) is 23.1 Å². The molecule has 2 aromatic heterocycles. The molecule has 1 aliphatic heterocycles. The normalized spacial score (nSPS) is 21.1. The van der Waals surface area contributed by atoms with Gasteiger partial charge in [0.2, 0.25) is 5.01 Å². The number of carbonyl (C=O) groups is 1. The lowest BCUT2D eigenvalue weighted by Gasteiger charge is -2.16. The molecule has 2 aromatic carbocycles. The number of alkyl halides is 3. The van der Waals surface area contributed by atoms with Crippen molar-refractivity contribution in [1.29, 1.82) is 0 Å². The molecule has 6 rings (SSSR count). The monoisotopic (exact) mass is 568 g/mol. The number of carbonyl (C=O) groups excluding carboxylic acids is 1. The van der Waals surface area contributed by atoms with Crippen LogP contribution in [0.25, 0.3) is 11.6 Å². The average molecular weight is 569 g/mol. The van der Waals surface area contributed by atoms with Crippen LogP contribution in [-0.4, -0.2) is 50.1 Å². The van der Waals surface area contributed by atoms with E-state index in [4.69, 9.17) is 9.41 Å². The molecule has 13 heteroatoms. The van der Waals surface area contributed by atoms with E-state index < -0.39 is 29.5 Å². The van der Waals surface area contributed by atoms with Crippen LogP contribution in [0.15, 0.2) is 64.0 Å². The Morgan fingerprint density at radius 2 is 1.77 bits per heavy atom. The zero-order valence-corrected chi connectivity index (χ0v) is 21.7. The lowest BCUT2D eigenvalue weighted by Crippen LogP contribution is -2.29. The van der Waals surface area contributed by atoms with Gasteiger partial charge in [-0.05, 0) is 24.8 Å². The van der Waals surface area contributed by atoms with Gasteiger partial charge in [-0.25, -0.2) is 4.98 Å². The molecular formula is C27H23F3N6O3S. The summed E-state index contributed by atoms with van der Waals surface area (Å²) in [7, 11) is 0. The second kappa shape index (κ2) is 10.5. The highest BCUT2D eigenvalue weighted by Gasteiger charge is 2.38. The number of hydrogen-bond donors (Lipinski definition) is 3. The number of fused-ring (bicyclic) bond motifs is 1. The van der Waals surface area contributed by atoms with E-state index in [9.17, 15) is 23.1 Å². The first-order valence-corrected chi connectivity index (χ1v) is 13.4. The number of thiazole rings is 1. The molecule has 1 fully saturated rings. The smallest absolute Gasteiger partial charge is 0.402 e. The summed E-state index contributed by atoms with van der Waals surface area (Å²) in [5, 5.41) is 22.8. The number of halogens is 3. The van der Waals surface area contributed by atoms with Gasteiger partial charge < -0.3 is 20.2 Å². The third kappa shape index (κ3) is 5.21. The maximum absolute atomic E-state index is 13.5. The summed E-state index contributed by atoms with van der Waals surface area (Å²) in [4.78, 5) is 21.6. The Kier molecular flexibility index (Phi) is 6.84. The highest BCUT2D eigenvalue weighted by atomic mass is 32.1. The van der Waals surface area contributed by atoms with Crippen molar-refractivity contribution in [3.8, 4) is 11.6 Å². The van der Waals surface area contributed by atoms with Crippen molar-refractivity contribution >= 4 is 33.8 Å². The number of rotatable bonds is 6. The Labute approximate surface area is 230 Å². The molecule has 1 saturated carbocycles. The second-order valence-electron chi connectivity index (χ2n) is 9.55. The Morgan fingerprint density at radius 3 is 2.52 bits per heavy atom. The highest BCUT2D eigenvalue weighted by molar-refractivity contribution is 7.16. The Hall–Kier alpha value is -4.10. The van der Waals surface area contributed by atoms with Gasteiger partial charge in [-0.2, -0.15) is 13.2 Å². The van der Waals surface area contributed by atoms with Crippen molar-refractivity contribution in [1.82, 2.24) is 15.2 Å². The molecule has 9 nitrogen and oxygen atoms in total. The molecule has 0 unspecified atom stereocenters. The lowest BCUT2D eigenvalue weighted by atomic mass is 9.96. The van der Waals surface area contributed by atoms with Crippen LogP contribution in [0, 0.1) is 0 Å². The summed E-state index contributed by atoms with van der Waals surface area (Å²) in [6.45, 7) is 0. The third-order valence-corrected chi connectivity index (χ3v) is 7.83. The fourth-order valence-corrected chi connectivity index (χ4v) is 5.74. The first-order chi connectivity index (χ1) is 19.3. The summed E-state index contributed by atoms with van der Waals surface area (Å²) in [5.41, 5.74) is 2.89. The van der Waals surface area contributed by atoms with Crippen molar-refractivity contribution in [3.63, 3.8) is 0 Å². The van der Waals surface area contributed by atoms with E-state index in [2.05, 4.69) is 25.8 Å². The molecule has 3 atom stereocenters. The minimum Gasteiger partial charge on any atom is -0.402 e. The molecule has 0 bridgehead atoms. The van der Waals surface area contributed by atoms with Gasteiger partial charge in [0, 0.05) is 17.5 Å². The zero-order valence-electron chi connectivity index (χ0n) is 20.9. The van der Waals surface area contributed by atoms with Crippen molar-refractivity contribution in [3.05, 3.63) is 76.3 Å². The lowest BCUT2D eigenvalue weighted by molar-refractivity contribution is -0.137. The van der Waals surface area contributed by atoms with Crippen LogP contribution in [0.5, 0.6) is 0 Å². The first-order valence-electron chi connectivity index (χ1n) is 12.6. The molecule has 1 aliphatic carbocycles. The minimum absolute atomic E-state index is 0.0684. The van der Waals surface area contributed by atoms with Gasteiger partial charge in [0.05, 0.1) is 17.9 Å². The molecule has 0 saturated heterocycles. The number of Topliss-reactive ketones (excluding diaryl/α,β-unsaturated/α-hetero) is 1. The second-order valence-corrected chi connectivity index (χ2v) is 10.5. The number of benzene rings is 2. The number of ketones is 1. The highest BCUT2D eigenvalue weighted by Crippen LogP contribution is 2.42. The average Bonchev–Trinajstić information content (AvgIpc) is 3.66. The SMILES string of the molecule is O=C1Cc2ccccc2C(c2ccccc2)=N[C@@H]1Nc1nnc(-c2nc(C(F)(F)F)sc2N[C@H]2CCC[C@H]2O)o1. The molecule has 40 heavy (non-hydrogen) atoms. The van der Waals surface area contributed by atoms with Gasteiger partial charge in [-0.15, -0.1) is 5.10 Å². The predicted molar refractivity (Wildman–Crippen MR) is 142 cm³/mol. The maximum atomic E-state index is 13.5. The largest absolute Gasteiger partial charge is 0.443 e. The van der Waals surface area contributed by atoms with E-state index in [1.165, 1.54) is 0 Å². The van der Waals surface area contributed by atoms with Crippen molar-refractivity contribution in [2.24, 2.45) is 4.99 Å². The molecule has 0 radical (unpaired) electrons. The quantitative estimate of drug-likeness (QED) is 0.299. The van der Waals surface area contributed by atoms with Gasteiger partial charge in [-0.1, -0.05) is 71.0 Å². The number of aromatic nitrogens is 3. The van der Waals surface area contributed by atoms with E-state index in [1.54, 1.807) is 0 Å². The summed E-state index contributed by atoms with van der Waals surface area (Å²) < 4.78 is 46.2. The van der Waals surface area contributed by atoms with Gasteiger partial charge in [-0.3, -0.25) is 9.79 Å². The van der Waals surface area contributed by atoms with Gasteiger partial charge in [0.25, 0.3) is 5.89 Å². The van der Waals surface area contributed by atoms with E-state index >= 15 is 0 Å². The maximum Gasteiger partial charge on any atom is 0.443 e. The summed E-state index contributed by atoms with van der Waals surface area (Å²) in [5.74, 6) is -0.510. The fourth-order valence-electron chi connectivity index (χ4n) is 4.85. The predicted octanol–water partition coefficient (Wildman–Crippen LogP) is 4.94. The van der Waals surface area contributed by atoms with Gasteiger partial charge >= 0.3 is 12.2 Å². The van der Waals surface area contributed by atoms with E-state index in [1.807, 2.05) is 54.6 Å². The molecule has 3 heterocycles. The van der Waals surface area contributed by atoms with E-state index in [0.29, 0.717) is 29.9 Å². The topological polar surface area (TPSA) is 126 Å². The van der Waals surface area contributed by atoms with Crippen LogP contribution >= 0.6 is 11.3 Å². The van der Waals surface area contributed by atoms with Crippen LogP contribution in [0.4, 0.5) is 24.2 Å². The number of aliphatic hydroxyl groups is 1. The van der Waals surface area contributed by atoms with Gasteiger partial charge in [0.1, 0.15) is 5.00 Å². The minimum atomic E-state index is -4.68. The molecule has 4 aromatic rings. The summed E-state index contributed by atoms with van der Waals surface area (Å²) >= 11 is 0.407. The third-order valence-electron chi connectivity index (χ3n) is 6.80. The molecule has 0 amide bonds.